The first-order valence-electron chi connectivity index (χ1n) is 16.6. The second-order valence-corrected chi connectivity index (χ2v) is 22.5. The fourth-order valence-corrected chi connectivity index (χ4v) is 12.2. The molecule has 1 amide bonds. The van der Waals surface area contributed by atoms with Gasteiger partial charge in [0.15, 0.2) is 10.8 Å². The summed E-state index contributed by atoms with van der Waals surface area (Å²) in [5.74, 6) is 1.87. The number of ether oxygens (including phenoxy) is 1. The molecule has 1 unspecified atom stereocenters. The van der Waals surface area contributed by atoms with Crippen molar-refractivity contribution in [1.29, 1.82) is 0 Å². The minimum Gasteiger partial charge on any atom is -0.477 e. The number of nitrogens with zero attached hydrogens (tertiary/aromatic N) is 4. The van der Waals surface area contributed by atoms with Crippen molar-refractivity contribution in [3.8, 4) is 11.7 Å². The van der Waals surface area contributed by atoms with Gasteiger partial charge >= 0.3 is 0 Å². The summed E-state index contributed by atoms with van der Waals surface area (Å²) in [7, 11) is -5.92. The molecular weight excluding hydrogens is 654 g/mol. The number of aromatic nitrogens is 4. The van der Waals surface area contributed by atoms with Crippen molar-refractivity contribution in [2.75, 3.05) is 24.6 Å². The van der Waals surface area contributed by atoms with Gasteiger partial charge in [0.05, 0.1) is 20.2 Å². The third kappa shape index (κ3) is 6.56. The largest absolute Gasteiger partial charge is 0.477 e. The van der Waals surface area contributed by atoms with Gasteiger partial charge in [-0.05, 0) is 106 Å². The third-order valence-corrected chi connectivity index (χ3v) is 15.2. The van der Waals surface area contributed by atoms with Crippen LogP contribution in [0.25, 0.3) is 5.82 Å². The molecule has 0 radical (unpaired) electrons. The van der Waals surface area contributed by atoms with Crippen LogP contribution in [0.3, 0.4) is 0 Å². The number of fused-ring (bicyclic) bond motifs is 1. The molecule has 47 heavy (non-hydrogen) atoms. The number of amides is 1. The highest BCUT2D eigenvalue weighted by Gasteiger charge is 2.85. The molecule has 3 saturated carbocycles. The number of halogens is 1. The van der Waals surface area contributed by atoms with Crippen LogP contribution in [0, 0.1) is 22.7 Å². The first kappa shape index (κ1) is 32.5. The quantitative estimate of drug-likeness (QED) is 0.157. The van der Waals surface area contributed by atoms with E-state index in [9.17, 15) is 13.2 Å². The van der Waals surface area contributed by atoms with Gasteiger partial charge in [0.1, 0.15) is 11.0 Å². The molecule has 14 heteroatoms. The van der Waals surface area contributed by atoms with Crippen molar-refractivity contribution in [2.24, 2.45) is 22.7 Å². The number of carbonyl (C=O) groups is 1. The molecule has 0 bridgehead atoms. The van der Waals surface area contributed by atoms with Crippen LogP contribution in [0.2, 0.25) is 24.3 Å². The van der Waals surface area contributed by atoms with Crippen LogP contribution in [0.5, 0.6) is 5.88 Å². The minimum absolute atomic E-state index is 0.0818. The highest BCUT2D eigenvalue weighted by Crippen LogP contribution is 2.93. The lowest BCUT2D eigenvalue weighted by Crippen LogP contribution is -2.38. The fraction of sp³-hybridized carbons (Fsp3) is 0.576. The van der Waals surface area contributed by atoms with Gasteiger partial charge in [0, 0.05) is 24.0 Å². The van der Waals surface area contributed by atoms with Crippen molar-refractivity contribution >= 4 is 41.4 Å². The number of hydrogen-bond acceptors (Lipinski definition) is 9. The molecule has 4 heterocycles. The van der Waals surface area contributed by atoms with Gasteiger partial charge in [-0.15, -0.1) is 5.10 Å². The summed E-state index contributed by atoms with van der Waals surface area (Å²) in [6, 6.07) is 10.6. The van der Waals surface area contributed by atoms with Crippen LogP contribution < -0.4 is 20.1 Å². The maximum Gasteiger partial charge on any atom is 0.281 e. The summed E-state index contributed by atoms with van der Waals surface area (Å²) >= 11 is 6.37. The van der Waals surface area contributed by atoms with E-state index in [1.165, 1.54) is 42.5 Å². The van der Waals surface area contributed by atoms with E-state index >= 15 is 0 Å². The molecule has 3 aliphatic carbocycles. The van der Waals surface area contributed by atoms with Gasteiger partial charge < -0.3 is 15.4 Å². The molecule has 3 N–H and O–H groups in total. The Kier molecular flexibility index (Phi) is 8.00. The standard InChI is InChI=1S/C33H44ClN7O4SSi/c1-31(2)18-22(19-36-31)20-47(3,4)21-35-25-6-5-7-28(37-25)46(43,44)40-30(42)23-8-9-26(38-29(23)34)41-16-10-27(39-41)45-17-11-24-32(12-13-32)33(24)14-15-33/h5-10,16,22,24,36H,11-15,17-21H2,1-4H3,(H,35,37)(H,40,42). The van der Waals surface area contributed by atoms with Crippen molar-refractivity contribution in [2.45, 2.75) is 82.1 Å². The lowest BCUT2D eigenvalue weighted by Gasteiger charge is -2.27. The van der Waals surface area contributed by atoms with Gasteiger partial charge in [-0.2, -0.15) is 8.42 Å². The lowest BCUT2D eigenvalue weighted by molar-refractivity contribution is 0.0981. The number of carbonyl (C=O) groups excluding carboxylic acids is 1. The van der Waals surface area contributed by atoms with E-state index in [1.54, 1.807) is 30.5 Å². The zero-order valence-corrected chi connectivity index (χ0v) is 30.0. The van der Waals surface area contributed by atoms with Crippen LogP contribution >= 0.6 is 11.6 Å². The number of pyridine rings is 2. The second kappa shape index (κ2) is 11.6. The Labute approximate surface area is 282 Å². The number of nitrogens with one attached hydrogen (secondary N) is 3. The molecule has 11 nitrogen and oxygen atoms in total. The molecule has 252 valence electrons. The van der Waals surface area contributed by atoms with Crippen LogP contribution in [-0.2, 0) is 10.0 Å². The number of hydrogen-bond donors (Lipinski definition) is 3. The number of anilines is 1. The maximum absolute atomic E-state index is 13.2. The average molecular weight is 698 g/mol. The van der Waals surface area contributed by atoms with Crippen molar-refractivity contribution in [1.82, 2.24) is 29.8 Å². The Morgan fingerprint density at radius 3 is 2.51 bits per heavy atom. The Balaban J connectivity index is 0.930. The highest BCUT2D eigenvalue weighted by molar-refractivity contribution is 7.90. The zero-order chi connectivity index (χ0) is 33.2. The summed E-state index contributed by atoms with van der Waals surface area (Å²) in [4.78, 5) is 21.6. The topological polar surface area (TPSA) is 140 Å². The van der Waals surface area contributed by atoms with Crippen LogP contribution in [0.15, 0.2) is 47.6 Å². The smallest absolute Gasteiger partial charge is 0.281 e. The van der Waals surface area contributed by atoms with Crippen LogP contribution in [0.4, 0.5) is 5.82 Å². The second-order valence-electron chi connectivity index (χ2n) is 15.5. The van der Waals surface area contributed by atoms with Gasteiger partial charge in [0.25, 0.3) is 15.9 Å². The summed E-state index contributed by atoms with van der Waals surface area (Å²) in [5, 5.41) is 11.0. The Bertz CT molecular complexity index is 1790. The van der Waals surface area contributed by atoms with E-state index in [1.807, 2.05) is 0 Å². The molecule has 4 fully saturated rings. The van der Waals surface area contributed by atoms with Gasteiger partial charge in [-0.3, -0.25) is 4.79 Å². The Morgan fingerprint density at radius 1 is 1.11 bits per heavy atom. The first-order chi connectivity index (χ1) is 22.2. The molecule has 3 aromatic heterocycles. The highest BCUT2D eigenvalue weighted by atomic mass is 35.5. The van der Waals surface area contributed by atoms with E-state index in [-0.39, 0.29) is 21.3 Å². The van der Waals surface area contributed by atoms with Crippen LogP contribution in [0.1, 0.15) is 62.7 Å². The number of sulfonamides is 1. The van der Waals surface area contributed by atoms with E-state index in [0.717, 1.165) is 37.5 Å². The van der Waals surface area contributed by atoms with Crippen molar-refractivity contribution in [3.05, 3.63) is 53.3 Å². The number of rotatable bonds is 13. The molecular formula is C33H44ClN7O4SSi. The molecule has 7 rings (SSSR count). The van der Waals surface area contributed by atoms with Gasteiger partial charge in [-0.25, -0.2) is 19.4 Å². The summed E-state index contributed by atoms with van der Waals surface area (Å²) < 4.78 is 35.8. The third-order valence-electron chi connectivity index (χ3n) is 10.8. The molecule has 1 aliphatic heterocycles. The summed E-state index contributed by atoms with van der Waals surface area (Å²) in [6.45, 7) is 10.8. The monoisotopic (exact) mass is 697 g/mol. The zero-order valence-electron chi connectivity index (χ0n) is 27.5. The maximum atomic E-state index is 13.2. The average Bonchev–Trinajstić information content (AvgIpc) is 3.96. The van der Waals surface area contributed by atoms with E-state index < -0.39 is 24.0 Å². The van der Waals surface area contributed by atoms with Crippen molar-refractivity contribution in [3.63, 3.8) is 0 Å². The van der Waals surface area contributed by atoms with Gasteiger partial charge in [-0.1, -0.05) is 36.8 Å². The molecule has 2 spiro atoms. The predicted octanol–water partition coefficient (Wildman–Crippen LogP) is 5.44. The first-order valence-corrected chi connectivity index (χ1v) is 21.9. The van der Waals surface area contributed by atoms with Gasteiger partial charge in [0.2, 0.25) is 5.88 Å². The molecule has 0 aromatic carbocycles. The SMILES string of the molecule is CC1(C)CC(C[Si](C)(C)CNc2cccc(S(=O)(=O)NC(=O)c3ccc(-n4ccc(OCCC5C6(CC6)C56CC6)n4)nc3Cl)n2)CN1. The predicted molar refractivity (Wildman–Crippen MR) is 183 cm³/mol. The minimum atomic E-state index is -4.28. The molecule has 1 saturated heterocycles. The Hall–Kier alpha value is -3.00. The fourth-order valence-electron chi connectivity index (χ4n) is 8.38. The summed E-state index contributed by atoms with van der Waals surface area (Å²) in [6.07, 6.45) is 10.2. The Morgan fingerprint density at radius 2 is 1.85 bits per heavy atom. The molecule has 4 aliphatic rings. The van der Waals surface area contributed by atoms with E-state index in [2.05, 4.69) is 57.4 Å². The van der Waals surface area contributed by atoms with E-state index in [0.29, 0.717) is 40.9 Å². The van der Waals surface area contributed by atoms with Crippen LogP contribution in [-0.4, -0.2) is 67.0 Å². The summed E-state index contributed by atoms with van der Waals surface area (Å²) in [5.41, 5.74) is 1.41. The van der Waals surface area contributed by atoms with Crippen molar-refractivity contribution < 1.29 is 17.9 Å². The molecule has 3 aromatic rings. The lowest BCUT2D eigenvalue weighted by atomic mass is 9.98. The normalized spacial score (nSPS) is 21.9. The van der Waals surface area contributed by atoms with E-state index in [4.69, 9.17) is 16.3 Å². The molecule has 1 atom stereocenters.